The van der Waals surface area contributed by atoms with Crippen LogP contribution in [-0.2, 0) is 24.4 Å². The number of hydrogen-bond acceptors (Lipinski definition) is 8. The molecule has 0 unspecified atom stereocenters. The Bertz CT molecular complexity index is 1730. The highest BCUT2D eigenvalue weighted by atomic mass is 32.2. The molecule has 2 N–H and O–H groups in total. The van der Waals surface area contributed by atoms with E-state index in [0.29, 0.717) is 35.3 Å². The van der Waals surface area contributed by atoms with Gasteiger partial charge in [-0.2, -0.15) is 0 Å². The summed E-state index contributed by atoms with van der Waals surface area (Å²) in [5, 5.41) is 3.87. The minimum atomic E-state index is -3.94. The first-order valence-corrected chi connectivity index (χ1v) is 17.9. The average molecular weight is 671 g/mol. The number of ether oxygens (including phenoxy) is 2. The van der Waals surface area contributed by atoms with Gasteiger partial charge in [-0.3, -0.25) is 19.1 Å². The van der Waals surface area contributed by atoms with Crippen molar-refractivity contribution in [1.29, 1.82) is 0 Å². The van der Waals surface area contributed by atoms with Crippen LogP contribution in [0.1, 0.15) is 72.1 Å². The van der Waals surface area contributed by atoms with Crippen molar-refractivity contribution >= 4 is 38.5 Å². The Balaban J connectivity index is 1.29. The maximum absolute atomic E-state index is 14.5. The normalized spacial score (nSPS) is 31.4. The van der Waals surface area contributed by atoms with E-state index >= 15 is 0 Å². The number of allylic oxidation sites excluding steroid dienone is 1. The smallest absolute Gasteiger partial charge is 0.259 e. The van der Waals surface area contributed by atoms with Crippen LogP contribution in [0, 0.1) is 23.6 Å². The fourth-order valence-corrected chi connectivity index (χ4v) is 8.34. The predicted molar refractivity (Wildman–Crippen MR) is 172 cm³/mol. The molecule has 6 atom stereocenters. The third kappa shape index (κ3) is 6.55. The highest BCUT2D eigenvalue weighted by Gasteiger charge is 2.63. The van der Waals surface area contributed by atoms with Crippen molar-refractivity contribution in [2.45, 2.75) is 94.6 Å². The van der Waals surface area contributed by atoms with Crippen LogP contribution in [0.2, 0.25) is 0 Å². The Morgan fingerprint density at radius 2 is 1.91 bits per heavy atom. The predicted octanol–water partition coefficient (Wildman–Crippen LogP) is 4.01. The molecule has 0 radical (unpaired) electrons. The van der Waals surface area contributed by atoms with Crippen LogP contribution in [0.3, 0.4) is 0 Å². The van der Waals surface area contributed by atoms with Crippen LogP contribution in [0.15, 0.2) is 36.5 Å². The first kappa shape index (κ1) is 33.2. The Hall–Kier alpha value is -3.74. The van der Waals surface area contributed by atoms with Crippen molar-refractivity contribution in [2.24, 2.45) is 17.8 Å². The minimum Gasteiger partial charge on any atom is -0.496 e. The van der Waals surface area contributed by atoms with Crippen LogP contribution in [-0.4, -0.2) is 72.1 Å². The number of aromatic nitrogens is 1. The maximum Gasteiger partial charge on any atom is 0.259 e. The molecule has 3 fully saturated rings. The molecule has 13 heteroatoms. The van der Waals surface area contributed by atoms with Gasteiger partial charge in [-0.05, 0) is 69.4 Å². The summed E-state index contributed by atoms with van der Waals surface area (Å²) < 4.78 is 53.3. The minimum absolute atomic E-state index is 0.0741. The van der Waals surface area contributed by atoms with Gasteiger partial charge < -0.3 is 19.7 Å². The highest BCUT2D eigenvalue weighted by Crippen LogP contribution is 2.47. The van der Waals surface area contributed by atoms with E-state index < -0.39 is 56.0 Å². The van der Waals surface area contributed by atoms with Gasteiger partial charge in [0.15, 0.2) is 0 Å². The number of sulfonamides is 1. The first-order chi connectivity index (χ1) is 22.2. The van der Waals surface area contributed by atoms with Crippen LogP contribution in [0.25, 0.3) is 10.8 Å². The number of carbonyl (C=O) groups is 3. The summed E-state index contributed by atoms with van der Waals surface area (Å²) in [7, 11) is -2.50. The van der Waals surface area contributed by atoms with Crippen molar-refractivity contribution in [1.82, 2.24) is 19.9 Å². The third-order valence-electron chi connectivity index (χ3n) is 10.3. The number of benzene rings is 1. The van der Waals surface area contributed by atoms with Crippen molar-refractivity contribution in [3.63, 3.8) is 0 Å². The Kier molecular flexibility index (Phi) is 8.73. The number of fused-ring (bicyclic) bond motifs is 3. The molecule has 11 nitrogen and oxygen atoms in total. The molecule has 4 aliphatic rings. The number of halogens is 1. The summed E-state index contributed by atoms with van der Waals surface area (Å²) in [6.07, 6.45) is 8.74. The van der Waals surface area contributed by atoms with Crippen LogP contribution >= 0.6 is 0 Å². The van der Waals surface area contributed by atoms with Crippen molar-refractivity contribution in [2.75, 3.05) is 13.7 Å². The van der Waals surface area contributed by atoms with E-state index in [4.69, 9.17) is 9.47 Å². The zero-order valence-corrected chi connectivity index (χ0v) is 28.1. The lowest BCUT2D eigenvalue weighted by Crippen LogP contribution is -2.57. The van der Waals surface area contributed by atoms with E-state index in [0.717, 1.165) is 19.3 Å². The van der Waals surface area contributed by atoms with Crippen LogP contribution in [0.4, 0.5) is 4.39 Å². The van der Waals surface area contributed by atoms with E-state index in [1.165, 1.54) is 30.3 Å². The number of hydrogen-bond donors (Lipinski definition) is 2. The topological polar surface area (TPSA) is 144 Å². The SMILES string of the molecule is COc1cc(F)cc2c(O[C@@H]3C[C@H]4C(=O)N[C@]5(C(=O)NS(=O)(=O)C6(C)CC6)C[C@@H]5/C=C\CC[C@@H](C)C[C@@H](C)CC(=O)N4C3)nccc12. The van der Waals surface area contributed by atoms with E-state index in [9.17, 15) is 27.2 Å². The lowest BCUT2D eigenvalue weighted by Gasteiger charge is -2.28. The van der Waals surface area contributed by atoms with Gasteiger partial charge in [0.05, 0.1) is 23.8 Å². The lowest BCUT2D eigenvalue weighted by atomic mass is 9.91. The van der Waals surface area contributed by atoms with Gasteiger partial charge in [-0.15, -0.1) is 0 Å². The van der Waals surface area contributed by atoms with Crippen LogP contribution < -0.4 is 19.5 Å². The van der Waals surface area contributed by atoms with Gasteiger partial charge in [0, 0.05) is 36.4 Å². The van der Waals surface area contributed by atoms with Gasteiger partial charge in [0.25, 0.3) is 5.91 Å². The first-order valence-electron chi connectivity index (χ1n) is 16.4. The Labute approximate surface area is 274 Å². The van der Waals surface area contributed by atoms with E-state index in [2.05, 4.69) is 21.9 Å². The molecule has 1 aromatic heterocycles. The fraction of sp³-hybridized carbons (Fsp3) is 0.588. The van der Waals surface area contributed by atoms with Gasteiger partial charge in [-0.25, -0.2) is 17.8 Å². The Morgan fingerprint density at radius 3 is 2.64 bits per heavy atom. The second-order valence-corrected chi connectivity index (χ2v) is 16.4. The monoisotopic (exact) mass is 670 g/mol. The maximum atomic E-state index is 14.5. The zero-order chi connectivity index (χ0) is 33.7. The van der Waals surface area contributed by atoms with Crippen molar-refractivity contribution < 1.29 is 36.7 Å². The number of amides is 3. The number of pyridine rings is 1. The summed E-state index contributed by atoms with van der Waals surface area (Å²) in [6.45, 7) is 5.85. The second-order valence-electron chi connectivity index (χ2n) is 14.2. The second kappa shape index (κ2) is 12.4. The van der Waals surface area contributed by atoms with Gasteiger partial charge in [0.1, 0.15) is 29.3 Å². The largest absolute Gasteiger partial charge is 0.496 e. The molecule has 2 aliphatic heterocycles. The highest BCUT2D eigenvalue weighted by molar-refractivity contribution is 7.91. The molecule has 2 aromatic rings. The zero-order valence-electron chi connectivity index (χ0n) is 27.3. The molecule has 2 saturated carbocycles. The molecule has 254 valence electrons. The molecule has 3 heterocycles. The molecule has 6 rings (SSSR count). The summed E-state index contributed by atoms with van der Waals surface area (Å²) >= 11 is 0. The summed E-state index contributed by atoms with van der Waals surface area (Å²) in [4.78, 5) is 47.3. The fourth-order valence-electron chi connectivity index (χ4n) is 7.03. The van der Waals surface area contributed by atoms with E-state index in [-0.39, 0.29) is 43.5 Å². The van der Waals surface area contributed by atoms with E-state index in [1.54, 1.807) is 13.0 Å². The average Bonchev–Trinajstić information content (AvgIpc) is 3.88. The van der Waals surface area contributed by atoms with Gasteiger partial charge in [-0.1, -0.05) is 26.0 Å². The third-order valence-corrected chi connectivity index (χ3v) is 12.4. The molecule has 0 spiro atoms. The number of carbonyl (C=O) groups excluding carboxylic acids is 3. The molecule has 2 aliphatic carbocycles. The standard InChI is InChI=1S/C34H43FN4O7S/c1-20-7-5-6-8-22-18-34(22,32(42)38-47(43,44)33(3)10-11-33)37-30(41)27-17-24(19-39(27)29(40)14-21(2)13-20)46-31-26-15-23(35)16-28(45-4)25(26)9-12-36-31/h6,8-9,12,15-16,20-22,24,27H,5,7,10-11,13-14,17-19H2,1-4H3,(H,37,41)(H,38,42)/b8-6-/t20-,21-,22+,24-,27+,34-/m1/s1. The van der Waals surface area contributed by atoms with Crippen LogP contribution in [0.5, 0.6) is 11.6 Å². The molecule has 0 bridgehead atoms. The molecule has 1 aromatic carbocycles. The van der Waals surface area contributed by atoms with Gasteiger partial charge >= 0.3 is 0 Å². The number of nitrogens with one attached hydrogen (secondary N) is 2. The van der Waals surface area contributed by atoms with Gasteiger partial charge in [0.2, 0.25) is 27.7 Å². The molecular weight excluding hydrogens is 627 g/mol. The summed E-state index contributed by atoms with van der Waals surface area (Å²) in [6, 6.07) is 3.28. The molecular formula is C34H43FN4O7S. The number of methoxy groups -OCH3 is 1. The molecule has 47 heavy (non-hydrogen) atoms. The summed E-state index contributed by atoms with van der Waals surface area (Å²) in [5.41, 5.74) is -1.45. The number of rotatable bonds is 6. The Morgan fingerprint density at radius 1 is 1.15 bits per heavy atom. The quantitative estimate of drug-likeness (QED) is 0.439. The number of nitrogens with zero attached hydrogens (tertiary/aromatic N) is 2. The molecule has 3 amide bonds. The lowest BCUT2D eigenvalue weighted by molar-refractivity contribution is -0.140. The molecule has 1 saturated heterocycles. The van der Waals surface area contributed by atoms with Crippen molar-refractivity contribution in [3.05, 3.63) is 42.4 Å². The van der Waals surface area contributed by atoms with E-state index in [1.807, 2.05) is 19.1 Å². The summed E-state index contributed by atoms with van der Waals surface area (Å²) in [5.74, 6) is -1.57. The van der Waals surface area contributed by atoms with Crippen molar-refractivity contribution in [3.8, 4) is 11.6 Å².